The molecule has 2 aromatic rings. The van der Waals surface area contributed by atoms with Gasteiger partial charge in [-0.25, -0.2) is 4.79 Å². The summed E-state index contributed by atoms with van der Waals surface area (Å²) in [6, 6.07) is 10.6. The monoisotopic (exact) mass is 369 g/mol. The van der Waals surface area contributed by atoms with Gasteiger partial charge in [0.1, 0.15) is 0 Å². The number of likely N-dealkylation sites (tertiary alicyclic amines) is 1. The molecule has 27 heavy (non-hydrogen) atoms. The molecule has 1 aliphatic rings. The number of rotatable bonds is 7. The summed E-state index contributed by atoms with van der Waals surface area (Å²) in [7, 11) is 0. The van der Waals surface area contributed by atoms with Crippen molar-refractivity contribution in [3.8, 4) is 0 Å². The van der Waals surface area contributed by atoms with Crippen molar-refractivity contribution >= 4 is 6.03 Å². The van der Waals surface area contributed by atoms with E-state index in [4.69, 9.17) is 0 Å². The van der Waals surface area contributed by atoms with E-state index in [0.29, 0.717) is 13.1 Å². The van der Waals surface area contributed by atoms with E-state index in [1.54, 1.807) is 0 Å². The van der Waals surface area contributed by atoms with Gasteiger partial charge < -0.3 is 10.6 Å². The van der Waals surface area contributed by atoms with E-state index in [9.17, 15) is 4.79 Å². The summed E-state index contributed by atoms with van der Waals surface area (Å²) in [6.07, 6.45) is 2.46. The van der Waals surface area contributed by atoms with E-state index in [-0.39, 0.29) is 12.1 Å². The van der Waals surface area contributed by atoms with E-state index in [2.05, 4.69) is 58.7 Å². The normalized spacial score (nSPS) is 15.7. The van der Waals surface area contributed by atoms with Gasteiger partial charge in [0.25, 0.3) is 0 Å². The Bertz CT molecular complexity index is 749. The molecule has 1 fully saturated rings. The molecule has 0 spiro atoms. The smallest absolute Gasteiger partial charge is 0.315 e. The van der Waals surface area contributed by atoms with Gasteiger partial charge in [-0.2, -0.15) is 5.10 Å². The molecule has 2 heterocycles. The lowest BCUT2D eigenvalue weighted by molar-refractivity contribution is 0.220. The number of aryl methyl sites for hydroxylation is 2. The Morgan fingerprint density at radius 3 is 2.48 bits per heavy atom. The molecule has 1 aromatic heterocycles. The Morgan fingerprint density at radius 1 is 1.15 bits per heavy atom. The number of hydrogen-bond acceptors (Lipinski definition) is 3. The van der Waals surface area contributed by atoms with Crippen molar-refractivity contribution in [3.63, 3.8) is 0 Å². The highest BCUT2D eigenvalue weighted by Gasteiger charge is 2.23. The second kappa shape index (κ2) is 9.04. The maximum absolute atomic E-state index is 12.4. The molecule has 0 bridgehead atoms. The highest BCUT2D eigenvalue weighted by molar-refractivity contribution is 5.74. The Labute approximate surface area is 161 Å². The number of carbonyl (C=O) groups excluding carboxylic acids is 1. The number of urea groups is 1. The summed E-state index contributed by atoms with van der Waals surface area (Å²) in [5, 5.41) is 10.6. The van der Waals surface area contributed by atoms with Crippen molar-refractivity contribution in [2.24, 2.45) is 0 Å². The van der Waals surface area contributed by atoms with E-state index >= 15 is 0 Å². The molecule has 6 heteroatoms. The van der Waals surface area contributed by atoms with Crippen LogP contribution in [0.15, 0.2) is 30.3 Å². The van der Waals surface area contributed by atoms with Crippen molar-refractivity contribution in [1.82, 2.24) is 25.3 Å². The van der Waals surface area contributed by atoms with Crippen LogP contribution in [0.4, 0.5) is 4.79 Å². The number of nitrogens with zero attached hydrogens (tertiary/aromatic N) is 3. The molecule has 2 amide bonds. The van der Waals surface area contributed by atoms with Crippen LogP contribution in [0.2, 0.25) is 0 Å². The summed E-state index contributed by atoms with van der Waals surface area (Å²) in [6.45, 7) is 10.3. The number of benzene rings is 1. The first-order chi connectivity index (χ1) is 13.1. The van der Waals surface area contributed by atoms with E-state index in [1.807, 2.05) is 17.7 Å². The molecule has 1 saturated heterocycles. The summed E-state index contributed by atoms with van der Waals surface area (Å²) < 4.78 is 1.98. The van der Waals surface area contributed by atoms with Crippen LogP contribution in [-0.2, 0) is 13.1 Å². The van der Waals surface area contributed by atoms with Crippen LogP contribution in [0, 0.1) is 13.8 Å². The van der Waals surface area contributed by atoms with Gasteiger partial charge in [-0.3, -0.25) is 9.58 Å². The van der Waals surface area contributed by atoms with Gasteiger partial charge in [-0.15, -0.1) is 0 Å². The summed E-state index contributed by atoms with van der Waals surface area (Å²) in [5.41, 5.74) is 4.46. The fraction of sp³-hybridized carbons (Fsp3) is 0.524. The van der Waals surface area contributed by atoms with E-state index < -0.39 is 0 Å². The first kappa shape index (κ1) is 19.4. The third-order valence-electron chi connectivity index (χ3n) is 5.48. The first-order valence-corrected chi connectivity index (χ1v) is 9.93. The third kappa shape index (κ3) is 4.69. The van der Waals surface area contributed by atoms with Crippen LogP contribution < -0.4 is 10.6 Å². The van der Waals surface area contributed by atoms with Crippen LogP contribution in [0.3, 0.4) is 0 Å². The molecule has 1 aliphatic heterocycles. The molecule has 3 rings (SSSR count). The zero-order valence-corrected chi connectivity index (χ0v) is 16.7. The number of carbonyl (C=O) groups is 1. The summed E-state index contributed by atoms with van der Waals surface area (Å²) in [5.74, 6) is 0. The highest BCUT2D eigenvalue weighted by Crippen LogP contribution is 2.24. The molecule has 0 aliphatic carbocycles. The molecule has 146 valence electrons. The molecule has 2 N–H and O–H groups in total. The molecule has 0 unspecified atom stereocenters. The van der Waals surface area contributed by atoms with Crippen LogP contribution in [-0.4, -0.2) is 40.3 Å². The van der Waals surface area contributed by atoms with Crippen molar-refractivity contribution in [2.75, 3.05) is 19.6 Å². The second-order valence-electron chi connectivity index (χ2n) is 7.20. The van der Waals surface area contributed by atoms with Crippen LogP contribution >= 0.6 is 0 Å². The zero-order valence-electron chi connectivity index (χ0n) is 16.7. The lowest BCUT2D eigenvalue weighted by atomic mass is 10.1. The largest absolute Gasteiger partial charge is 0.336 e. The SMILES string of the molecule is CCn1nc(C)c(CNC(=O)NC[C@H](c2ccccc2)N2CCCC2)c1C. The predicted octanol–water partition coefficient (Wildman–Crippen LogP) is 3.16. The van der Waals surface area contributed by atoms with Gasteiger partial charge in [0.2, 0.25) is 0 Å². The van der Waals surface area contributed by atoms with E-state index in [0.717, 1.165) is 36.6 Å². The summed E-state index contributed by atoms with van der Waals surface area (Å²) in [4.78, 5) is 14.9. The Morgan fingerprint density at radius 2 is 1.85 bits per heavy atom. The molecular formula is C21H31N5O. The molecule has 1 atom stereocenters. The maximum Gasteiger partial charge on any atom is 0.315 e. The molecule has 1 aromatic carbocycles. The first-order valence-electron chi connectivity index (χ1n) is 9.93. The average Bonchev–Trinajstić information content (AvgIpc) is 3.30. The minimum Gasteiger partial charge on any atom is -0.336 e. The Kier molecular flexibility index (Phi) is 6.50. The number of hydrogen-bond donors (Lipinski definition) is 2. The van der Waals surface area contributed by atoms with Crippen molar-refractivity contribution < 1.29 is 4.79 Å². The third-order valence-corrected chi connectivity index (χ3v) is 5.48. The quantitative estimate of drug-likeness (QED) is 0.788. The maximum atomic E-state index is 12.4. The van der Waals surface area contributed by atoms with Gasteiger partial charge in [-0.05, 0) is 52.3 Å². The molecule has 0 radical (unpaired) electrons. The predicted molar refractivity (Wildman–Crippen MR) is 108 cm³/mol. The van der Waals surface area contributed by atoms with Gasteiger partial charge in [0, 0.05) is 30.9 Å². The van der Waals surface area contributed by atoms with Gasteiger partial charge in [0.15, 0.2) is 0 Å². The van der Waals surface area contributed by atoms with Crippen molar-refractivity contribution in [2.45, 2.75) is 52.7 Å². The van der Waals surface area contributed by atoms with Gasteiger partial charge in [0.05, 0.1) is 11.7 Å². The van der Waals surface area contributed by atoms with Gasteiger partial charge in [-0.1, -0.05) is 30.3 Å². The topological polar surface area (TPSA) is 62.2 Å². The number of amides is 2. The fourth-order valence-corrected chi connectivity index (χ4v) is 3.90. The minimum absolute atomic E-state index is 0.127. The number of aromatic nitrogens is 2. The van der Waals surface area contributed by atoms with Crippen LogP contribution in [0.1, 0.15) is 48.3 Å². The second-order valence-corrected chi connectivity index (χ2v) is 7.20. The molecule has 0 saturated carbocycles. The van der Waals surface area contributed by atoms with E-state index in [1.165, 1.54) is 18.4 Å². The summed E-state index contributed by atoms with van der Waals surface area (Å²) >= 11 is 0. The zero-order chi connectivity index (χ0) is 19.2. The van der Waals surface area contributed by atoms with Gasteiger partial charge >= 0.3 is 6.03 Å². The Hall–Kier alpha value is -2.34. The highest BCUT2D eigenvalue weighted by atomic mass is 16.2. The standard InChI is InChI=1S/C21H31N5O/c1-4-26-17(3)19(16(2)24-26)14-22-21(27)23-15-20(25-12-8-9-13-25)18-10-6-5-7-11-18/h5-7,10-11,20H,4,8-9,12-15H2,1-3H3,(H2,22,23,27)/t20-/m1/s1. The van der Waals surface area contributed by atoms with Crippen LogP contribution in [0.25, 0.3) is 0 Å². The average molecular weight is 370 g/mol. The number of nitrogens with one attached hydrogen (secondary N) is 2. The fourth-order valence-electron chi connectivity index (χ4n) is 3.90. The minimum atomic E-state index is -0.127. The molecular weight excluding hydrogens is 338 g/mol. The lowest BCUT2D eigenvalue weighted by Crippen LogP contribution is -2.41. The van der Waals surface area contributed by atoms with Crippen molar-refractivity contribution in [1.29, 1.82) is 0 Å². The van der Waals surface area contributed by atoms with Crippen LogP contribution in [0.5, 0.6) is 0 Å². The Balaban J connectivity index is 1.57. The van der Waals surface area contributed by atoms with Crippen molar-refractivity contribution in [3.05, 3.63) is 52.8 Å². The molecule has 6 nitrogen and oxygen atoms in total. The lowest BCUT2D eigenvalue weighted by Gasteiger charge is -2.28.